The van der Waals surface area contributed by atoms with Crippen LogP contribution in [0.15, 0.2) is 24.3 Å². The molecular weight excluding hydrogens is 347 g/mol. The zero-order valence-corrected chi connectivity index (χ0v) is 15.4. The lowest BCUT2D eigenvalue weighted by molar-refractivity contribution is -0.137. The monoisotopic (exact) mass is 372 g/mol. The first-order valence-electron chi connectivity index (χ1n) is 8.21. The molecule has 1 saturated heterocycles. The van der Waals surface area contributed by atoms with Crippen molar-refractivity contribution in [3.05, 3.63) is 30.1 Å². The second-order valence-electron chi connectivity index (χ2n) is 6.23. The number of nitrogens with two attached hydrogens (primary N) is 1. The van der Waals surface area contributed by atoms with Crippen LogP contribution in [0.3, 0.4) is 0 Å². The highest BCUT2D eigenvalue weighted by Crippen LogP contribution is 2.21. The number of halogens is 2. The Kier molecular flexibility index (Phi) is 8.12. The lowest BCUT2D eigenvalue weighted by Gasteiger charge is -2.35. The van der Waals surface area contributed by atoms with Gasteiger partial charge >= 0.3 is 6.03 Å². The van der Waals surface area contributed by atoms with Gasteiger partial charge in [-0.2, -0.15) is 0 Å². The Hall–Kier alpha value is -1.86. The second-order valence-corrected chi connectivity index (χ2v) is 6.23. The number of hydrogen-bond acceptors (Lipinski definition) is 3. The largest absolute Gasteiger partial charge is 0.341 e. The van der Waals surface area contributed by atoms with Gasteiger partial charge in [0.15, 0.2) is 0 Å². The lowest BCUT2D eigenvalue weighted by atomic mass is 9.96. The van der Waals surface area contributed by atoms with E-state index in [-0.39, 0.29) is 42.0 Å². The number of rotatable bonds is 4. The molecule has 25 heavy (non-hydrogen) atoms. The molecule has 3 N–H and O–H groups in total. The first kappa shape index (κ1) is 21.2. The average molecular weight is 373 g/mol. The quantitative estimate of drug-likeness (QED) is 0.851. The van der Waals surface area contributed by atoms with E-state index in [1.54, 1.807) is 29.0 Å². The molecule has 1 aromatic carbocycles. The zero-order chi connectivity index (χ0) is 17.7. The van der Waals surface area contributed by atoms with Crippen molar-refractivity contribution < 1.29 is 14.0 Å². The van der Waals surface area contributed by atoms with Crippen molar-refractivity contribution >= 4 is 30.0 Å². The third-order valence-corrected chi connectivity index (χ3v) is 4.52. The highest BCUT2D eigenvalue weighted by molar-refractivity contribution is 5.90. The van der Waals surface area contributed by atoms with Gasteiger partial charge in [0.1, 0.15) is 5.82 Å². The van der Waals surface area contributed by atoms with E-state index in [4.69, 9.17) is 5.73 Å². The average Bonchev–Trinajstić information content (AvgIpc) is 2.61. The number of nitrogens with one attached hydrogen (secondary N) is 1. The normalized spacial score (nSPS) is 18.1. The molecule has 140 valence electrons. The fraction of sp³-hybridized carbons (Fsp3) is 0.529. The Bertz CT molecular complexity index is 602. The van der Waals surface area contributed by atoms with E-state index in [2.05, 4.69) is 5.32 Å². The van der Waals surface area contributed by atoms with Gasteiger partial charge < -0.3 is 20.9 Å². The van der Waals surface area contributed by atoms with Crippen LogP contribution >= 0.6 is 12.4 Å². The molecule has 0 spiro atoms. The van der Waals surface area contributed by atoms with Crippen LogP contribution in [0.25, 0.3) is 0 Å². The topological polar surface area (TPSA) is 78.7 Å². The van der Waals surface area contributed by atoms with Gasteiger partial charge in [0.25, 0.3) is 0 Å². The van der Waals surface area contributed by atoms with Crippen molar-refractivity contribution in [1.82, 2.24) is 9.80 Å². The summed E-state index contributed by atoms with van der Waals surface area (Å²) in [7, 11) is 1.73. The van der Waals surface area contributed by atoms with Gasteiger partial charge in [-0.1, -0.05) is 12.1 Å². The van der Waals surface area contributed by atoms with Crippen molar-refractivity contribution in [2.24, 2.45) is 11.7 Å². The van der Waals surface area contributed by atoms with E-state index in [0.717, 1.165) is 12.8 Å². The molecule has 0 aromatic heterocycles. The van der Waals surface area contributed by atoms with Crippen molar-refractivity contribution in [3.8, 4) is 0 Å². The van der Waals surface area contributed by atoms with Crippen LogP contribution in [-0.2, 0) is 4.79 Å². The molecule has 6 nitrogen and oxygen atoms in total. The maximum absolute atomic E-state index is 13.6. The molecule has 0 bridgehead atoms. The van der Waals surface area contributed by atoms with E-state index in [0.29, 0.717) is 19.6 Å². The van der Waals surface area contributed by atoms with E-state index in [1.165, 1.54) is 12.1 Å². The van der Waals surface area contributed by atoms with E-state index in [1.807, 2.05) is 6.92 Å². The van der Waals surface area contributed by atoms with Crippen molar-refractivity contribution in [3.63, 3.8) is 0 Å². The number of benzene rings is 1. The first-order valence-corrected chi connectivity index (χ1v) is 8.21. The fourth-order valence-corrected chi connectivity index (χ4v) is 2.78. The molecular formula is C17H26ClFN4O2. The molecule has 3 amide bonds. The van der Waals surface area contributed by atoms with Crippen LogP contribution in [0.4, 0.5) is 14.9 Å². The number of piperidine rings is 1. The lowest BCUT2D eigenvalue weighted by Crippen LogP contribution is -2.49. The predicted octanol–water partition coefficient (Wildman–Crippen LogP) is 2.30. The summed E-state index contributed by atoms with van der Waals surface area (Å²) in [6.07, 6.45) is 1.48. The molecule has 1 aromatic rings. The zero-order valence-electron chi connectivity index (χ0n) is 14.6. The molecule has 2 unspecified atom stereocenters. The maximum Gasteiger partial charge on any atom is 0.321 e. The SMILES string of the molecule is CC(CN)N(C)C(=O)C1CCCN(C(=O)Nc2ccccc2F)C1.Cl. The summed E-state index contributed by atoms with van der Waals surface area (Å²) in [5.41, 5.74) is 5.76. The number of amides is 3. The van der Waals surface area contributed by atoms with Crippen LogP contribution in [0, 0.1) is 11.7 Å². The molecule has 1 fully saturated rings. The number of anilines is 1. The Balaban J connectivity index is 0.00000312. The van der Waals surface area contributed by atoms with E-state index < -0.39 is 5.82 Å². The number of carbonyl (C=O) groups is 2. The minimum absolute atomic E-state index is 0. The highest BCUT2D eigenvalue weighted by Gasteiger charge is 2.31. The van der Waals surface area contributed by atoms with Crippen LogP contribution in [0.1, 0.15) is 19.8 Å². The summed E-state index contributed by atoms with van der Waals surface area (Å²) in [6.45, 7) is 3.18. The minimum Gasteiger partial charge on any atom is -0.341 e. The molecule has 1 aliphatic heterocycles. The second kappa shape index (κ2) is 9.58. The van der Waals surface area contributed by atoms with Gasteiger partial charge in [-0.25, -0.2) is 9.18 Å². The van der Waals surface area contributed by atoms with Gasteiger partial charge in [-0.15, -0.1) is 12.4 Å². The highest BCUT2D eigenvalue weighted by atomic mass is 35.5. The molecule has 0 radical (unpaired) electrons. The number of urea groups is 1. The van der Waals surface area contributed by atoms with Gasteiger partial charge in [-0.05, 0) is 31.9 Å². The Labute approximate surface area is 153 Å². The number of carbonyl (C=O) groups excluding carboxylic acids is 2. The molecule has 2 rings (SSSR count). The number of likely N-dealkylation sites (N-methyl/N-ethyl adjacent to an activating group) is 1. The fourth-order valence-electron chi connectivity index (χ4n) is 2.78. The van der Waals surface area contributed by atoms with Gasteiger partial charge in [-0.3, -0.25) is 4.79 Å². The number of hydrogen-bond donors (Lipinski definition) is 2. The van der Waals surface area contributed by atoms with Crippen LogP contribution in [0.2, 0.25) is 0 Å². The predicted molar refractivity (Wildman–Crippen MR) is 98.3 cm³/mol. The summed E-state index contributed by atoms with van der Waals surface area (Å²) in [6, 6.07) is 5.60. The van der Waals surface area contributed by atoms with Crippen LogP contribution in [-0.4, -0.2) is 54.5 Å². The Morgan fingerprint density at radius 3 is 2.76 bits per heavy atom. The first-order chi connectivity index (χ1) is 11.4. The number of likely N-dealkylation sites (tertiary alicyclic amines) is 1. The Morgan fingerprint density at radius 2 is 2.12 bits per heavy atom. The number of para-hydroxylation sites is 1. The van der Waals surface area contributed by atoms with Gasteiger partial charge in [0.2, 0.25) is 5.91 Å². The Morgan fingerprint density at radius 1 is 1.44 bits per heavy atom. The summed E-state index contributed by atoms with van der Waals surface area (Å²) in [4.78, 5) is 28.1. The van der Waals surface area contributed by atoms with Gasteiger partial charge in [0, 0.05) is 32.7 Å². The molecule has 1 heterocycles. The molecule has 2 atom stereocenters. The number of nitrogens with zero attached hydrogens (tertiary/aromatic N) is 2. The summed E-state index contributed by atoms with van der Waals surface area (Å²) < 4.78 is 13.6. The summed E-state index contributed by atoms with van der Waals surface area (Å²) in [5, 5.41) is 2.57. The molecule has 0 saturated carbocycles. The van der Waals surface area contributed by atoms with E-state index >= 15 is 0 Å². The third kappa shape index (κ3) is 5.31. The van der Waals surface area contributed by atoms with Crippen molar-refractivity contribution in [2.75, 3.05) is 32.0 Å². The summed E-state index contributed by atoms with van der Waals surface area (Å²) >= 11 is 0. The van der Waals surface area contributed by atoms with Crippen molar-refractivity contribution in [2.45, 2.75) is 25.8 Å². The molecule has 0 aliphatic carbocycles. The van der Waals surface area contributed by atoms with E-state index in [9.17, 15) is 14.0 Å². The van der Waals surface area contributed by atoms with Crippen molar-refractivity contribution in [1.29, 1.82) is 0 Å². The summed E-state index contributed by atoms with van der Waals surface area (Å²) in [5.74, 6) is -0.729. The van der Waals surface area contributed by atoms with Gasteiger partial charge in [0.05, 0.1) is 11.6 Å². The molecule has 8 heteroatoms. The minimum atomic E-state index is -0.480. The standard InChI is InChI=1S/C17H25FN4O2.ClH/c1-12(10-19)21(2)16(23)13-6-5-9-22(11-13)17(24)20-15-8-4-3-7-14(15)18;/h3-4,7-8,12-13H,5-6,9-11,19H2,1-2H3,(H,20,24);1H. The van der Waals surface area contributed by atoms with Crippen LogP contribution in [0.5, 0.6) is 0 Å². The maximum atomic E-state index is 13.6. The third-order valence-electron chi connectivity index (χ3n) is 4.52. The smallest absolute Gasteiger partial charge is 0.321 e. The van der Waals surface area contributed by atoms with Crippen LogP contribution < -0.4 is 11.1 Å². The molecule has 1 aliphatic rings.